The Labute approximate surface area is 132 Å². The van der Waals surface area contributed by atoms with E-state index in [0.29, 0.717) is 36.8 Å². The van der Waals surface area contributed by atoms with Crippen LogP contribution in [0.3, 0.4) is 0 Å². The van der Waals surface area contributed by atoms with Gasteiger partial charge in [-0.05, 0) is 40.2 Å². The predicted molar refractivity (Wildman–Crippen MR) is 85.5 cm³/mol. The molecule has 6 heteroatoms. The highest BCUT2D eigenvalue weighted by atomic mass is 79.9. The summed E-state index contributed by atoms with van der Waals surface area (Å²) in [6, 6.07) is 10.5. The number of hydrogen-bond donors (Lipinski definition) is 1. The molecule has 1 N–H and O–H groups in total. The third-order valence-corrected chi connectivity index (χ3v) is 4.34. The minimum atomic E-state index is -0.210. The molecule has 0 radical (unpaired) electrons. The Morgan fingerprint density at radius 2 is 1.90 bits per heavy atom. The first kappa shape index (κ1) is 13.6. The Morgan fingerprint density at radius 1 is 1.15 bits per heavy atom. The van der Waals surface area contributed by atoms with Crippen molar-refractivity contribution >= 4 is 50.0 Å². The average Bonchev–Trinajstić information content (AvgIpc) is 2.43. The maximum Gasteiger partial charge on any atom is 0.259 e. The van der Waals surface area contributed by atoms with Gasteiger partial charge in [0.15, 0.2) is 0 Å². The van der Waals surface area contributed by atoms with E-state index in [1.165, 1.54) is 0 Å². The zero-order valence-electron chi connectivity index (χ0n) is 9.95. The number of nitrogens with zero attached hydrogens (tertiary/aromatic N) is 1. The lowest BCUT2D eigenvalue weighted by Crippen LogP contribution is -2.09. The molecule has 0 bridgehead atoms. The van der Waals surface area contributed by atoms with Crippen LogP contribution in [-0.2, 0) is 0 Å². The lowest BCUT2D eigenvalue weighted by molar-refractivity contribution is 1.18. The standard InChI is InChI=1S/C14H7BrCl2N2O/c15-10-6-7(16)5-9(12(10)17)13-18-11-4-2-1-3-8(11)14(20)19-13/h1-6H,(H,18,19,20). The molecule has 0 atom stereocenters. The summed E-state index contributed by atoms with van der Waals surface area (Å²) in [4.78, 5) is 19.2. The number of fused-ring (bicyclic) bond motifs is 1. The molecule has 0 spiro atoms. The van der Waals surface area contributed by atoms with Gasteiger partial charge < -0.3 is 4.98 Å². The second-order valence-electron chi connectivity index (χ2n) is 4.18. The lowest BCUT2D eigenvalue weighted by Gasteiger charge is -2.07. The van der Waals surface area contributed by atoms with Crippen LogP contribution >= 0.6 is 39.1 Å². The second kappa shape index (κ2) is 5.20. The van der Waals surface area contributed by atoms with Crippen molar-refractivity contribution in [1.29, 1.82) is 0 Å². The summed E-state index contributed by atoms with van der Waals surface area (Å²) >= 11 is 15.6. The van der Waals surface area contributed by atoms with Crippen LogP contribution in [0.1, 0.15) is 0 Å². The van der Waals surface area contributed by atoms with Crippen LogP contribution in [-0.4, -0.2) is 9.97 Å². The van der Waals surface area contributed by atoms with Crippen LogP contribution in [0.25, 0.3) is 22.3 Å². The van der Waals surface area contributed by atoms with Crippen molar-refractivity contribution < 1.29 is 0 Å². The largest absolute Gasteiger partial charge is 0.306 e. The molecule has 1 heterocycles. The highest BCUT2D eigenvalue weighted by Gasteiger charge is 2.12. The third-order valence-electron chi connectivity index (χ3n) is 2.86. The van der Waals surface area contributed by atoms with E-state index in [9.17, 15) is 4.79 Å². The topological polar surface area (TPSA) is 45.8 Å². The van der Waals surface area contributed by atoms with Crippen LogP contribution in [0.5, 0.6) is 0 Å². The average molecular weight is 370 g/mol. The predicted octanol–water partition coefficient (Wildman–Crippen LogP) is 4.66. The Bertz CT molecular complexity index is 877. The lowest BCUT2D eigenvalue weighted by atomic mass is 10.2. The van der Waals surface area contributed by atoms with E-state index < -0.39 is 0 Å². The summed E-state index contributed by atoms with van der Waals surface area (Å²) < 4.78 is 0.650. The van der Waals surface area contributed by atoms with Gasteiger partial charge in [0.1, 0.15) is 5.82 Å². The Balaban J connectivity index is 2.33. The molecule has 0 fully saturated rings. The Hall–Kier alpha value is -1.36. The molecule has 0 amide bonds. The maximum atomic E-state index is 12.1. The first-order valence-corrected chi connectivity index (χ1v) is 7.25. The molecule has 100 valence electrons. The quantitative estimate of drug-likeness (QED) is 0.634. The number of para-hydroxylation sites is 1. The molecule has 0 aliphatic carbocycles. The van der Waals surface area contributed by atoms with E-state index in [1.54, 1.807) is 30.3 Å². The van der Waals surface area contributed by atoms with Crippen molar-refractivity contribution in [2.45, 2.75) is 0 Å². The number of nitrogens with one attached hydrogen (secondary N) is 1. The molecular formula is C14H7BrCl2N2O. The maximum absolute atomic E-state index is 12.1. The van der Waals surface area contributed by atoms with Crippen LogP contribution in [0, 0.1) is 0 Å². The number of hydrogen-bond acceptors (Lipinski definition) is 2. The zero-order chi connectivity index (χ0) is 14.3. The van der Waals surface area contributed by atoms with Gasteiger partial charge in [0.05, 0.1) is 15.9 Å². The molecule has 0 aliphatic heterocycles. The fraction of sp³-hybridized carbons (Fsp3) is 0. The first-order valence-electron chi connectivity index (χ1n) is 5.70. The van der Waals surface area contributed by atoms with Crippen molar-refractivity contribution in [2.24, 2.45) is 0 Å². The van der Waals surface area contributed by atoms with Crippen LogP contribution < -0.4 is 5.56 Å². The van der Waals surface area contributed by atoms with E-state index in [0.717, 1.165) is 0 Å². The normalized spacial score (nSPS) is 10.9. The molecule has 0 aliphatic rings. The molecule has 2 aromatic carbocycles. The van der Waals surface area contributed by atoms with Crippen LogP contribution in [0.2, 0.25) is 10.0 Å². The molecule has 3 aromatic rings. The molecular weight excluding hydrogens is 363 g/mol. The molecule has 3 rings (SSSR count). The minimum Gasteiger partial charge on any atom is -0.306 e. The fourth-order valence-corrected chi connectivity index (χ4v) is 2.95. The summed E-state index contributed by atoms with van der Waals surface area (Å²) in [6.45, 7) is 0. The van der Waals surface area contributed by atoms with Gasteiger partial charge in [-0.3, -0.25) is 4.79 Å². The number of H-pyrrole nitrogens is 1. The van der Waals surface area contributed by atoms with E-state index in [4.69, 9.17) is 23.2 Å². The number of aromatic amines is 1. The van der Waals surface area contributed by atoms with Gasteiger partial charge in [0, 0.05) is 15.1 Å². The Morgan fingerprint density at radius 3 is 2.70 bits per heavy atom. The van der Waals surface area contributed by atoms with Gasteiger partial charge in [-0.15, -0.1) is 0 Å². The molecule has 0 unspecified atom stereocenters. The van der Waals surface area contributed by atoms with Crippen molar-refractivity contribution in [2.75, 3.05) is 0 Å². The van der Waals surface area contributed by atoms with Gasteiger partial charge in [-0.1, -0.05) is 35.3 Å². The first-order chi connectivity index (χ1) is 9.56. The van der Waals surface area contributed by atoms with E-state index in [1.807, 2.05) is 6.07 Å². The highest BCUT2D eigenvalue weighted by molar-refractivity contribution is 9.10. The summed E-state index contributed by atoms with van der Waals surface area (Å²) in [7, 11) is 0. The molecule has 3 nitrogen and oxygen atoms in total. The summed E-state index contributed by atoms with van der Waals surface area (Å²) in [5.41, 5.74) is 0.977. The van der Waals surface area contributed by atoms with Gasteiger partial charge in [0.25, 0.3) is 5.56 Å². The smallest absolute Gasteiger partial charge is 0.259 e. The van der Waals surface area contributed by atoms with Gasteiger partial charge in [0.2, 0.25) is 0 Å². The van der Waals surface area contributed by atoms with Crippen LogP contribution in [0.4, 0.5) is 0 Å². The molecule has 1 aromatic heterocycles. The van der Waals surface area contributed by atoms with Gasteiger partial charge in [-0.2, -0.15) is 0 Å². The zero-order valence-corrected chi connectivity index (χ0v) is 13.1. The van der Waals surface area contributed by atoms with E-state index >= 15 is 0 Å². The molecule has 0 saturated carbocycles. The monoisotopic (exact) mass is 368 g/mol. The van der Waals surface area contributed by atoms with E-state index in [-0.39, 0.29) is 5.56 Å². The van der Waals surface area contributed by atoms with Crippen molar-refractivity contribution in [3.63, 3.8) is 0 Å². The fourth-order valence-electron chi connectivity index (χ4n) is 1.94. The van der Waals surface area contributed by atoms with Gasteiger partial charge in [-0.25, -0.2) is 4.98 Å². The molecule has 20 heavy (non-hydrogen) atoms. The minimum absolute atomic E-state index is 0.210. The highest BCUT2D eigenvalue weighted by Crippen LogP contribution is 2.35. The SMILES string of the molecule is O=c1[nH]c(-c2cc(Cl)cc(Br)c2Cl)nc2ccccc12. The van der Waals surface area contributed by atoms with Crippen molar-refractivity contribution in [3.05, 3.63) is 61.3 Å². The number of benzene rings is 2. The second-order valence-corrected chi connectivity index (χ2v) is 5.85. The Kier molecular flexibility index (Phi) is 3.54. The third kappa shape index (κ3) is 2.35. The number of aromatic nitrogens is 2. The number of rotatable bonds is 1. The van der Waals surface area contributed by atoms with Crippen LogP contribution in [0.15, 0.2) is 45.7 Å². The summed E-state index contributed by atoms with van der Waals surface area (Å²) in [5, 5.41) is 1.49. The summed E-state index contributed by atoms with van der Waals surface area (Å²) in [5.74, 6) is 0.391. The van der Waals surface area contributed by atoms with E-state index in [2.05, 4.69) is 25.9 Å². The number of halogens is 3. The molecule has 0 saturated heterocycles. The van der Waals surface area contributed by atoms with Crippen molar-refractivity contribution in [1.82, 2.24) is 9.97 Å². The van der Waals surface area contributed by atoms with Gasteiger partial charge >= 0.3 is 0 Å². The summed E-state index contributed by atoms with van der Waals surface area (Å²) in [6.07, 6.45) is 0. The van der Waals surface area contributed by atoms with Crippen molar-refractivity contribution in [3.8, 4) is 11.4 Å².